The van der Waals surface area contributed by atoms with E-state index in [0.29, 0.717) is 17.5 Å². The van der Waals surface area contributed by atoms with E-state index in [2.05, 4.69) is 158 Å². The van der Waals surface area contributed by atoms with Gasteiger partial charge in [0.05, 0.1) is 0 Å². The zero-order valence-corrected chi connectivity index (χ0v) is 30.0. The Morgan fingerprint density at radius 2 is 0.873 bits per heavy atom. The summed E-state index contributed by atoms with van der Waals surface area (Å²) in [6.45, 7) is 0. The summed E-state index contributed by atoms with van der Waals surface area (Å²) in [5.41, 5.74) is 14.4. The number of hydrogen-bond donors (Lipinski definition) is 0. The summed E-state index contributed by atoms with van der Waals surface area (Å²) in [5, 5.41) is 0. The molecule has 1 atom stereocenters. The Labute approximate surface area is 320 Å². The van der Waals surface area contributed by atoms with Crippen LogP contribution in [0.15, 0.2) is 194 Å². The minimum absolute atomic E-state index is 0.121. The molecule has 10 rings (SSSR count). The fourth-order valence-electron chi connectivity index (χ4n) is 7.74. The van der Waals surface area contributed by atoms with Crippen LogP contribution >= 0.6 is 0 Å². The van der Waals surface area contributed by atoms with E-state index >= 15 is 0 Å². The van der Waals surface area contributed by atoms with Crippen molar-refractivity contribution in [3.8, 4) is 73.0 Å². The second-order valence-electron chi connectivity index (χ2n) is 13.9. The fraction of sp³-hybridized carbons (Fsp3) is 0.0392. The zero-order valence-electron chi connectivity index (χ0n) is 30.0. The van der Waals surface area contributed by atoms with Gasteiger partial charge >= 0.3 is 0 Å². The number of fused-ring (bicyclic) bond motifs is 3. The molecular weight excluding hydrogens is 671 g/mol. The van der Waals surface area contributed by atoms with Gasteiger partial charge in [-0.15, -0.1) is 0 Å². The topological polar surface area (TPSA) is 47.9 Å². The van der Waals surface area contributed by atoms with E-state index in [9.17, 15) is 0 Å². The van der Waals surface area contributed by atoms with Gasteiger partial charge in [-0.2, -0.15) is 0 Å². The van der Waals surface area contributed by atoms with Crippen molar-refractivity contribution >= 4 is 11.1 Å². The average Bonchev–Trinajstić information content (AvgIpc) is 3.66. The molecule has 2 heterocycles. The molecule has 1 unspecified atom stereocenters. The van der Waals surface area contributed by atoms with Crippen molar-refractivity contribution in [2.24, 2.45) is 0 Å². The predicted octanol–water partition coefficient (Wildman–Crippen LogP) is 12.5. The first kappa shape index (κ1) is 32.5. The Morgan fingerprint density at radius 1 is 0.382 bits per heavy atom. The number of nitrogens with zero attached hydrogens (tertiary/aromatic N) is 3. The molecule has 0 bridgehead atoms. The van der Waals surface area contributed by atoms with Gasteiger partial charge in [0.1, 0.15) is 11.9 Å². The predicted molar refractivity (Wildman–Crippen MR) is 224 cm³/mol. The average molecular weight is 706 g/mol. The molecular formula is C51H35N3O. The van der Waals surface area contributed by atoms with E-state index in [4.69, 9.17) is 19.7 Å². The lowest BCUT2D eigenvalue weighted by molar-refractivity contribution is 0.279. The zero-order chi connectivity index (χ0) is 36.6. The number of ether oxygens (including phenoxy) is 1. The van der Waals surface area contributed by atoms with Crippen LogP contribution in [0.4, 0.5) is 0 Å². The van der Waals surface area contributed by atoms with Crippen LogP contribution < -0.4 is 4.74 Å². The smallest absolute Gasteiger partial charge is 0.164 e. The van der Waals surface area contributed by atoms with Crippen LogP contribution in [0.25, 0.3) is 78.4 Å². The Morgan fingerprint density at radius 3 is 1.58 bits per heavy atom. The van der Waals surface area contributed by atoms with Crippen molar-refractivity contribution in [3.05, 3.63) is 206 Å². The largest absolute Gasteiger partial charge is 0.485 e. The molecule has 1 aromatic heterocycles. The molecule has 4 heteroatoms. The van der Waals surface area contributed by atoms with Crippen molar-refractivity contribution in [2.45, 2.75) is 12.5 Å². The van der Waals surface area contributed by atoms with Crippen LogP contribution in [0.5, 0.6) is 5.75 Å². The summed E-state index contributed by atoms with van der Waals surface area (Å²) < 4.78 is 6.60. The van der Waals surface area contributed by atoms with E-state index in [-0.39, 0.29) is 6.10 Å². The van der Waals surface area contributed by atoms with Gasteiger partial charge in [-0.1, -0.05) is 176 Å². The first-order chi connectivity index (χ1) is 27.2. The summed E-state index contributed by atoms with van der Waals surface area (Å²) in [5.74, 6) is 2.78. The van der Waals surface area contributed by atoms with E-state index in [1.807, 2.05) is 36.4 Å². The molecule has 0 fully saturated rings. The third-order valence-corrected chi connectivity index (χ3v) is 10.5. The highest BCUT2D eigenvalue weighted by molar-refractivity contribution is 6.00. The Hall–Kier alpha value is -7.17. The Bertz CT molecular complexity index is 2740. The second kappa shape index (κ2) is 14.0. The maximum Gasteiger partial charge on any atom is 0.164 e. The summed E-state index contributed by atoms with van der Waals surface area (Å²) in [6, 6.07) is 63.6. The summed E-state index contributed by atoms with van der Waals surface area (Å²) >= 11 is 0. The lowest BCUT2D eigenvalue weighted by atomic mass is 9.88. The maximum atomic E-state index is 6.60. The van der Waals surface area contributed by atoms with Crippen LogP contribution in [-0.4, -0.2) is 21.1 Å². The van der Waals surface area contributed by atoms with Crippen LogP contribution in [0.1, 0.15) is 17.8 Å². The van der Waals surface area contributed by atoms with E-state index in [0.717, 1.165) is 62.3 Å². The normalized spacial score (nSPS) is 14.3. The molecule has 1 aliphatic carbocycles. The van der Waals surface area contributed by atoms with Crippen molar-refractivity contribution in [2.75, 3.05) is 0 Å². The highest BCUT2D eigenvalue weighted by Gasteiger charge is 2.34. The molecule has 7 aromatic carbocycles. The minimum atomic E-state index is -0.121. The molecule has 0 saturated carbocycles. The molecule has 260 valence electrons. The van der Waals surface area contributed by atoms with Gasteiger partial charge < -0.3 is 4.74 Å². The second-order valence-corrected chi connectivity index (χ2v) is 13.9. The van der Waals surface area contributed by atoms with Crippen molar-refractivity contribution in [3.63, 3.8) is 0 Å². The van der Waals surface area contributed by atoms with Gasteiger partial charge in [0.2, 0.25) is 0 Å². The van der Waals surface area contributed by atoms with Gasteiger partial charge in [-0.3, -0.25) is 0 Å². The molecule has 55 heavy (non-hydrogen) atoms. The minimum Gasteiger partial charge on any atom is -0.485 e. The van der Waals surface area contributed by atoms with Crippen LogP contribution in [0.3, 0.4) is 0 Å². The number of hydrogen-bond acceptors (Lipinski definition) is 4. The van der Waals surface area contributed by atoms with Crippen LogP contribution in [0.2, 0.25) is 0 Å². The first-order valence-corrected chi connectivity index (χ1v) is 18.7. The van der Waals surface area contributed by atoms with E-state index in [1.165, 1.54) is 22.3 Å². The van der Waals surface area contributed by atoms with Crippen LogP contribution in [-0.2, 0) is 0 Å². The highest BCUT2D eigenvalue weighted by atomic mass is 16.5. The van der Waals surface area contributed by atoms with Gasteiger partial charge in [-0.05, 0) is 62.7 Å². The molecule has 1 aliphatic heterocycles. The molecule has 0 amide bonds. The molecule has 0 spiro atoms. The summed E-state index contributed by atoms with van der Waals surface area (Å²) in [4.78, 5) is 15.3. The lowest BCUT2D eigenvalue weighted by Gasteiger charge is -2.18. The number of allylic oxidation sites excluding steroid dienone is 2. The molecule has 4 nitrogen and oxygen atoms in total. The van der Waals surface area contributed by atoms with Gasteiger partial charge in [0.15, 0.2) is 17.5 Å². The molecule has 0 N–H and O–H groups in total. The fourth-order valence-corrected chi connectivity index (χ4v) is 7.74. The van der Waals surface area contributed by atoms with Crippen molar-refractivity contribution in [1.82, 2.24) is 15.0 Å². The van der Waals surface area contributed by atoms with Crippen molar-refractivity contribution < 1.29 is 4.74 Å². The van der Waals surface area contributed by atoms with E-state index < -0.39 is 0 Å². The number of rotatable bonds is 7. The number of aromatic nitrogens is 3. The highest BCUT2D eigenvalue weighted by Crippen LogP contribution is 2.47. The first-order valence-electron chi connectivity index (χ1n) is 18.7. The van der Waals surface area contributed by atoms with Gasteiger partial charge in [0, 0.05) is 34.3 Å². The molecule has 0 radical (unpaired) electrons. The summed E-state index contributed by atoms with van der Waals surface area (Å²) in [7, 11) is 0. The summed E-state index contributed by atoms with van der Waals surface area (Å²) in [6.07, 6.45) is 4.98. The lowest BCUT2D eigenvalue weighted by Crippen LogP contribution is -2.15. The quantitative estimate of drug-likeness (QED) is 0.166. The van der Waals surface area contributed by atoms with E-state index in [1.54, 1.807) is 0 Å². The molecule has 8 aromatic rings. The van der Waals surface area contributed by atoms with Crippen molar-refractivity contribution in [1.29, 1.82) is 0 Å². The van der Waals surface area contributed by atoms with Crippen LogP contribution in [0, 0.1) is 0 Å². The standard InChI is InChI=1S/C51H35N3O/c1-4-14-34(15-5-1)39-20-12-21-41(32-39)50-52-49(38-18-8-3-9-19-38)53-51(54-50)44-24-13-25-47-48(44)45-33-40(30-31-46(45)55-47)35-26-28-37(29-27-35)43-23-11-10-22-42(43)36-16-6-2-7-17-36/h1-24,26-33,47H,25H2. The van der Waals surface area contributed by atoms with Gasteiger partial charge in [-0.25, -0.2) is 15.0 Å². The molecule has 0 saturated heterocycles. The third-order valence-electron chi connectivity index (χ3n) is 10.5. The SMILES string of the molecule is C1=CC(c2nc(-c3ccccc3)nc(-c3cccc(-c4ccccc4)c3)n2)=C2c3cc(-c4ccc(-c5ccccc5-c5ccccc5)cc4)ccc3OC2C1. The third kappa shape index (κ3) is 6.24. The Kier molecular flexibility index (Phi) is 8.27. The Balaban J connectivity index is 1.06. The van der Waals surface area contributed by atoms with Gasteiger partial charge in [0.25, 0.3) is 0 Å². The monoisotopic (exact) mass is 705 g/mol. The molecule has 2 aliphatic rings. The number of benzene rings is 7. The maximum absolute atomic E-state index is 6.60.